The molecule has 1 aromatic heterocycles. The highest BCUT2D eigenvalue weighted by Crippen LogP contribution is 2.33. The van der Waals surface area contributed by atoms with Crippen LogP contribution < -0.4 is 10.1 Å². The summed E-state index contributed by atoms with van der Waals surface area (Å²) < 4.78 is 5.13. The number of ketones is 1. The van der Waals surface area contributed by atoms with Gasteiger partial charge in [0.1, 0.15) is 5.75 Å². The van der Waals surface area contributed by atoms with Gasteiger partial charge < -0.3 is 10.1 Å². The molecule has 26 heavy (non-hydrogen) atoms. The van der Waals surface area contributed by atoms with E-state index in [1.54, 1.807) is 31.4 Å². The summed E-state index contributed by atoms with van der Waals surface area (Å²) in [7, 11) is 1.61. The highest BCUT2D eigenvalue weighted by molar-refractivity contribution is 7.15. The van der Waals surface area contributed by atoms with Gasteiger partial charge in [0, 0.05) is 35.9 Å². The first-order chi connectivity index (χ1) is 12.6. The topological polar surface area (TPSA) is 71.5 Å². The van der Waals surface area contributed by atoms with Crippen molar-refractivity contribution in [3.05, 3.63) is 40.4 Å². The average Bonchev–Trinajstić information content (AvgIpc) is 3.43. The summed E-state index contributed by atoms with van der Waals surface area (Å²) in [6.07, 6.45) is 2.78. The van der Waals surface area contributed by atoms with Crippen LogP contribution in [0.3, 0.4) is 0 Å². The first kappa shape index (κ1) is 17.2. The van der Waals surface area contributed by atoms with E-state index in [1.165, 1.54) is 11.3 Å². The Kier molecular flexibility index (Phi) is 4.74. The van der Waals surface area contributed by atoms with Crippen molar-refractivity contribution >= 4 is 28.2 Å². The number of thiazole rings is 1. The molecule has 2 heterocycles. The number of nitrogens with zero attached hydrogens (tertiary/aromatic N) is 2. The van der Waals surface area contributed by atoms with Gasteiger partial charge in [-0.15, -0.1) is 11.3 Å². The van der Waals surface area contributed by atoms with Crippen LogP contribution in [0.5, 0.6) is 5.75 Å². The second-order valence-corrected chi connectivity index (χ2v) is 7.85. The Balaban J connectivity index is 1.37. The summed E-state index contributed by atoms with van der Waals surface area (Å²) in [6.45, 7) is 1.89. The molecular weight excluding hydrogens is 350 g/mol. The van der Waals surface area contributed by atoms with Crippen molar-refractivity contribution in [3.8, 4) is 5.75 Å². The van der Waals surface area contributed by atoms with E-state index in [1.807, 2.05) is 0 Å². The number of hydrogen-bond donors (Lipinski definition) is 1. The number of anilines is 1. The maximum absolute atomic E-state index is 12.5. The second kappa shape index (κ2) is 7.17. The quantitative estimate of drug-likeness (QED) is 0.791. The van der Waals surface area contributed by atoms with Gasteiger partial charge in [0.15, 0.2) is 10.9 Å². The number of nitrogens with one attached hydrogen (secondary N) is 1. The molecule has 1 saturated carbocycles. The van der Waals surface area contributed by atoms with Gasteiger partial charge in [-0.25, -0.2) is 4.98 Å². The van der Waals surface area contributed by atoms with Crippen LogP contribution in [0.1, 0.15) is 33.8 Å². The van der Waals surface area contributed by atoms with Gasteiger partial charge in [-0.2, -0.15) is 0 Å². The highest BCUT2D eigenvalue weighted by atomic mass is 32.1. The van der Waals surface area contributed by atoms with E-state index < -0.39 is 0 Å². The van der Waals surface area contributed by atoms with Crippen molar-refractivity contribution in [3.63, 3.8) is 0 Å². The minimum atomic E-state index is 0.0858. The molecule has 1 aromatic carbocycles. The number of Topliss-reactive ketones (excluding diaryl/α,β-unsaturated/α-hetero) is 1. The predicted molar refractivity (Wildman–Crippen MR) is 99.8 cm³/mol. The van der Waals surface area contributed by atoms with E-state index in [0.29, 0.717) is 23.8 Å². The van der Waals surface area contributed by atoms with Crippen molar-refractivity contribution in [2.75, 3.05) is 25.5 Å². The van der Waals surface area contributed by atoms with Crippen molar-refractivity contribution < 1.29 is 14.3 Å². The lowest BCUT2D eigenvalue weighted by Crippen LogP contribution is -2.34. The van der Waals surface area contributed by atoms with Gasteiger partial charge in [0.25, 0.3) is 0 Å². The molecule has 1 fully saturated rings. The number of fused-ring (bicyclic) bond motifs is 1. The molecule has 0 spiro atoms. The van der Waals surface area contributed by atoms with Crippen LogP contribution in [0.2, 0.25) is 0 Å². The van der Waals surface area contributed by atoms with Crippen LogP contribution in [0.25, 0.3) is 0 Å². The standard InChI is InChI=1S/C19H21N3O3S/c1-25-14-6-4-12(5-7-14)16(23)10-22-9-8-15-17(11-22)26-19(20-15)21-18(24)13-2-3-13/h4-7,13H,2-3,8-11H2,1H3,(H,20,21,24). The first-order valence-corrected chi connectivity index (χ1v) is 9.63. The van der Waals surface area contributed by atoms with E-state index in [-0.39, 0.29) is 17.6 Å². The molecule has 1 N–H and O–H groups in total. The summed E-state index contributed by atoms with van der Waals surface area (Å²) in [5.41, 5.74) is 1.74. The van der Waals surface area contributed by atoms with E-state index in [4.69, 9.17) is 4.74 Å². The molecule has 7 heteroatoms. The van der Waals surface area contributed by atoms with Crippen molar-refractivity contribution in [1.29, 1.82) is 0 Å². The SMILES string of the molecule is COc1ccc(C(=O)CN2CCc3nc(NC(=O)C4CC4)sc3C2)cc1. The van der Waals surface area contributed by atoms with Crippen LogP contribution >= 0.6 is 11.3 Å². The molecule has 1 aliphatic carbocycles. The molecule has 1 amide bonds. The van der Waals surface area contributed by atoms with Crippen LogP contribution in [0.4, 0.5) is 5.13 Å². The zero-order valence-corrected chi connectivity index (χ0v) is 15.5. The molecule has 4 rings (SSSR count). The predicted octanol–water partition coefficient (Wildman–Crippen LogP) is 2.74. The van der Waals surface area contributed by atoms with E-state index in [9.17, 15) is 9.59 Å². The number of methoxy groups -OCH3 is 1. The van der Waals surface area contributed by atoms with E-state index in [2.05, 4.69) is 15.2 Å². The number of ether oxygens (including phenoxy) is 1. The van der Waals surface area contributed by atoms with E-state index >= 15 is 0 Å². The lowest BCUT2D eigenvalue weighted by atomic mass is 10.1. The van der Waals surface area contributed by atoms with Crippen LogP contribution in [-0.4, -0.2) is 41.8 Å². The summed E-state index contributed by atoms with van der Waals surface area (Å²) >= 11 is 1.53. The summed E-state index contributed by atoms with van der Waals surface area (Å²) in [5, 5.41) is 3.61. The molecule has 6 nitrogen and oxygen atoms in total. The maximum atomic E-state index is 12.5. The number of amides is 1. The van der Waals surface area contributed by atoms with Crippen molar-refractivity contribution in [2.24, 2.45) is 5.92 Å². The zero-order chi connectivity index (χ0) is 18.1. The fourth-order valence-corrected chi connectivity index (χ4v) is 4.11. The number of aromatic nitrogens is 1. The Labute approximate surface area is 156 Å². The third kappa shape index (κ3) is 3.78. The van der Waals surface area contributed by atoms with Gasteiger partial charge in [-0.1, -0.05) is 0 Å². The van der Waals surface area contributed by atoms with Gasteiger partial charge in [0.2, 0.25) is 5.91 Å². The number of carbonyl (C=O) groups is 2. The zero-order valence-electron chi connectivity index (χ0n) is 14.7. The van der Waals surface area contributed by atoms with Gasteiger partial charge >= 0.3 is 0 Å². The Bertz CT molecular complexity index is 827. The Hall–Kier alpha value is -2.25. The number of carbonyl (C=O) groups excluding carboxylic acids is 2. The summed E-state index contributed by atoms with van der Waals surface area (Å²) in [5.74, 6) is 1.11. The van der Waals surface area contributed by atoms with E-state index in [0.717, 1.165) is 42.1 Å². The minimum absolute atomic E-state index is 0.0858. The Morgan fingerprint density at radius 2 is 2.08 bits per heavy atom. The lowest BCUT2D eigenvalue weighted by Gasteiger charge is -2.25. The molecule has 0 saturated heterocycles. The average molecular weight is 371 g/mol. The van der Waals surface area contributed by atoms with Gasteiger partial charge in [-0.05, 0) is 37.1 Å². The molecule has 136 valence electrons. The van der Waals surface area contributed by atoms with Crippen LogP contribution in [-0.2, 0) is 17.8 Å². The minimum Gasteiger partial charge on any atom is -0.497 e. The molecule has 0 radical (unpaired) electrons. The number of benzene rings is 1. The summed E-state index contributed by atoms with van der Waals surface area (Å²) in [4.78, 5) is 32.2. The Morgan fingerprint density at radius 3 is 2.77 bits per heavy atom. The Morgan fingerprint density at radius 1 is 1.31 bits per heavy atom. The molecule has 1 aliphatic heterocycles. The highest BCUT2D eigenvalue weighted by Gasteiger charge is 2.31. The normalized spacial score (nSPS) is 16.8. The number of hydrogen-bond acceptors (Lipinski definition) is 6. The fourth-order valence-electron chi connectivity index (χ4n) is 3.06. The van der Waals surface area contributed by atoms with Gasteiger partial charge in [-0.3, -0.25) is 14.5 Å². The van der Waals surface area contributed by atoms with Gasteiger partial charge in [0.05, 0.1) is 19.3 Å². The first-order valence-electron chi connectivity index (χ1n) is 8.81. The molecule has 0 unspecified atom stereocenters. The van der Waals surface area contributed by atoms with Crippen molar-refractivity contribution in [1.82, 2.24) is 9.88 Å². The largest absolute Gasteiger partial charge is 0.497 e. The monoisotopic (exact) mass is 371 g/mol. The second-order valence-electron chi connectivity index (χ2n) is 6.76. The van der Waals surface area contributed by atoms with Crippen LogP contribution in [0, 0.1) is 5.92 Å². The van der Waals surface area contributed by atoms with Crippen LogP contribution in [0.15, 0.2) is 24.3 Å². The maximum Gasteiger partial charge on any atom is 0.229 e. The molecule has 2 aromatic rings. The number of rotatable bonds is 6. The fraction of sp³-hybridized carbons (Fsp3) is 0.421. The lowest BCUT2D eigenvalue weighted by molar-refractivity contribution is -0.117. The molecular formula is C19H21N3O3S. The smallest absolute Gasteiger partial charge is 0.229 e. The summed E-state index contributed by atoms with van der Waals surface area (Å²) in [6, 6.07) is 7.21. The molecule has 2 aliphatic rings. The molecule has 0 bridgehead atoms. The molecule has 0 atom stereocenters. The third-order valence-electron chi connectivity index (χ3n) is 4.77. The third-order valence-corrected chi connectivity index (χ3v) is 5.77. The van der Waals surface area contributed by atoms with Crippen molar-refractivity contribution in [2.45, 2.75) is 25.8 Å².